The maximum atomic E-state index is 10.0. The Kier molecular flexibility index (Phi) is 3.49. The number of aryl methyl sites for hydroxylation is 1. The molecule has 1 aliphatic rings. The van der Waals surface area contributed by atoms with E-state index in [1.165, 1.54) is 24.1 Å². The van der Waals surface area contributed by atoms with Crippen LogP contribution in [-0.4, -0.2) is 24.3 Å². The lowest BCUT2D eigenvalue weighted by molar-refractivity contribution is 0.106. The Morgan fingerprint density at radius 2 is 1.75 bits per heavy atom. The van der Waals surface area contributed by atoms with Crippen LogP contribution in [0.5, 0.6) is 0 Å². The first-order chi connectivity index (χ1) is 7.68. The first-order valence-electron chi connectivity index (χ1n) is 6.16. The minimum absolute atomic E-state index is 0.167. The van der Waals surface area contributed by atoms with Gasteiger partial charge in [0, 0.05) is 12.7 Å². The molecule has 2 nitrogen and oxygen atoms in total. The molecule has 16 heavy (non-hydrogen) atoms. The van der Waals surface area contributed by atoms with Crippen molar-refractivity contribution >= 4 is 5.69 Å². The summed E-state index contributed by atoms with van der Waals surface area (Å²) in [6, 6.07) is 8.81. The molecule has 1 fully saturated rings. The van der Waals surface area contributed by atoms with E-state index >= 15 is 0 Å². The summed E-state index contributed by atoms with van der Waals surface area (Å²) < 4.78 is 0. The van der Waals surface area contributed by atoms with Crippen LogP contribution in [-0.2, 0) is 0 Å². The molecule has 88 valence electrons. The first-order valence-corrected chi connectivity index (χ1v) is 6.16. The highest BCUT2D eigenvalue weighted by molar-refractivity contribution is 5.48. The van der Waals surface area contributed by atoms with Gasteiger partial charge in [-0.05, 0) is 31.9 Å². The lowest BCUT2D eigenvalue weighted by atomic mass is 9.91. The fourth-order valence-corrected chi connectivity index (χ4v) is 2.51. The van der Waals surface area contributed by atoms with E-state index in [-0.39, 0.29) is 12.1 Å². The fourth-order valence-electron chi connectivity index (χ4n) is 2.51. The van der Waals surface area contributed by atoms with Crippen molar-refractivity contribution in [1.82, 2.24) is 0 Å². The van der Waals surface area contributed by atoms with E-state index in [4.69, 9.17) is 0 Å². The number of nitrogens with zero attached hydrogens (tertiary/aromatic N) is 1. The van der Waals surface area contributed by atoms with Crippen molar-refractivity contribution in [3.05, 3.63) is 29.8 Å². The van der Waals surface area contributed by atoms with E-state index in [9.17, 15) is 5.11 Å². The Hall–Kier alpha value is -1.02. The van der Waals surface area contributed by atoms with E-state index < -0.39 is 0 Å². The monoisotopic (exact) mass is 219 g/mol. The number of anilines is 1. The van der Waals surface area contributed by atoms with Gasteiger partial charge in [0.2, 0.25) is 0 Å². The van der Waals surface area contributed by atoms with Crippen LogP contribution in [0.1, 0.15) is 31.2 Å². The Balaban J connectivity index is 2.11. The predicted octanol–water partition coefficient (Wildman–Crippen LogP) is 2.73. The van der Waals surface area contributed by atoms with Gasteiger partial charge in [-0.1, -0.05) is 30.5 Å². The molecule has 0 saturated heterocycles. The Morgan fingerprint density at radius 3 is 2.38 bits per heavy atom. The zero-order chi connectivity index (χ0) is 11.5. The minimum Gasteiger partial charge on any atom is -0.391 e. The molecule has 0 aliphatic heterocycles. The highest BCUT2D eigenvalue weighted by Crippen LogP contribution is 2.26. The standard InChI is InChI=1S/C14H21NO/c1-11-7-9-12(10-8-11)15(2)13-5-3-4-6-14(13)16/h7-10,13-14,16H,3-6H2,1-2H3/t13-,14-/m0/s1. The number of aliphatic hydroxyl groups is 1. The number of hydrogen-bond donors (Lipinski definition) is 1. The average molecular weight is 219 g/mol. The van der Waals surface area contributed by atoms with Gasteiger partial charge in [-0.3, -0.25) is 0 Å². The van der Waals surface area contributed by atoms with Crippen LogP contribution >= 0.6 is 0 Å². The molecular weight excluding hydrogens is 198 g/mol. The summed E-state index contributed by atoms with van der Waals surface area (Å²) in [5, 5.41) is 10.0. The number of likely N-dealkylation sites (N-methyl/N-ethyl adjacent to an activating group) is 1. The first kappa shape index (κ1) is 11.5. The van der Waals surface area contributed by atoms with Crippen LogP contribution in [0.3, 0.4) is 0 Å². The third-order valence-corrected chi connectivity index (χ3v) is 3.63. The zero-order valence-corrected chi connectivity index (χ0v) is 10.2. The van der Waals surface area contributed by atoms with Crippen LogP contribution in [0.25, 0.3) is 0 Å². The van der Waals surface area contributed by atoms with Gasteiger partial charge in [0.05, 0.1) is 12.1 Å². The maximum absolute atomic E-state index is 10.0. The molecule has 0 amide bonds. The molecule has 2 heteroatoms. The second kappa shape index (κ2) is 4.88. The Labute approximate surface area is 97.9 Å². The largest absolute Gasteiger partial charge is 0.391 e. The second-order valence-corrected chi connectivity index (χ2v) is 4.87. The number of benzene rings is 1. The Bertz CT molecular complexity index is 333. The SMILES string of the molecule is Cc1ccc(N(C)[C@H]2CCCC[C@@H]2O)cc1. The smallest absolute Gasteiger partial charge is 0.0743 e. The molecule has 0 bridgehead atoms. The van der Waals surface area contributed by atoms with Gasteiger partial charge in [-0.25, -0.2) is 0 Å². The molecule has 2 atom stereocenters. The number of rotatable bonds is 2. The predicted molar refractivity (Wildman–Crippen MR) is 67.8 cm³/mol. The molecule has 0 spiro atoms. The van der Waals surface area contributed by atoms with Gasteiger partial charge < -0.3 is 10.0 Å². The second-order valence-electron chi connectivity index (χ2n) is 4.87. The highest BCUT2D eigenvalue weighted by atomic mass is 16.3. The highest BCUT2D eigenvalue weighted by Gasteiger charge is 2.26. The molecule has 1 saturated carbocycles. The fraction of sp³-hybridized carbons (Fsp3) is 0.571. The summed E-state index contributed by atoms with van der Waals surface area (Å²) in [5.41, 5.74) is 2.48. The third-order valence-electron chi connectivity index (χ3n) is 3.63. The summed E-state index contributed by atoms with van der Waals surface area (Å²) >= 11 is 0. The normalized spacial score (nSPS) is 25.4. The van der Waals surface area contributed by atoms with Crippen LogP contribution in [0.4, 0.5) is 5.69 Å². The third kappa shape index (κ3) is 2.38. The summed E-state index contributed by atoms with van der Waals surface area (Å²) in [5.74, 6) is 0. The molecule has 0 aromatic heterocycles. The van der Waals surface area contributed by atoms with Crippen LogP contribution in [0.15, 0.2) is 24.3 Å². The topological polar surface area (TPSA) is 23.5 Å². The molecule has 1 aromatic rings. The summed E-state index contributed by atoms with van der Waals surface area (Å²) in [6.07, 6.45) is 4.28. The lowest BCUT2D eigenvalue weighted by Gasteiger charge is -2.36. The number of aliphatic hydroxyl groups excluding tert-OH is 1. The summed E-state index contributed by atoms with van der Waals surface area (Å²) in [4.78, 5) is 2.23. The van der Waals surface area contributed by atoms with Crippen molar-refractivity contribution in [1.29, 1.82) is 0 Å². The van der Waals surface area contributed by atoms with E-state index in [1.54, 1.807) is 0 Å². The maximum Gasteiger partial charge on any atom is 0.0743 e. The average Bonchev–Trinajstić information content (AvgIpc) is 2.30. The van der Waals surface area contributed by atoms with Gasteiger partial charge >= 0.3 is 0 Å². The van der Waals surface area contributed by atoms with Crippen molar-refractivity contribution in [2.24, 2.45) is 0 Å². The van der Waals surface area contributed by atoms with Crippen molar-refractivity contribution in [2.45, 2.75) is 44.8 Å². The summed E-state index contributed by atoms with van der Waals surface area (Å²) in [7, 11) is 2.09. The number of hydrogen-bond acceptors (Lipinski definition) is 2. The van der Waals surface area contributed by atoms with Crippen molar-refractivity contribution in [3.63, 3.8) is 0 Å². The van der Waals surface area contributed by atoms with Gasteiger partial charge in [0.15, 0.2) is 0 Å². The quantitative estimate of drug-likeness (QED) is 0.826. The molecular formula is C14H21NO. The van der Waals surface area contributed by atoms with E-state index in [1.807, 2.05) is 0 Å². The molecule has 0 radical (unpaired) electrons. The van der Waals surface area contributed by atoms with Crippen molar-refractivity contribution in [3.8, 4) is 0 Å². The lowest BCUT2D eigenvalue weighted by Crippen LogP contribution is -2.43. The van der Waals surface area contributed by atoms with E-state index in [0.717, 1.165) is 12.8 Å². The molecule has 0 unspecified atom stereocenters. The van der Waals surface area contributed by atoms with Gasteiger partial charge in [-0.2, -0.15) is 0 Å². The minimum atomic E-state index is -0.167. The molecule has 0 heterocycles. The molecule has 1 aliphatic carbocycles. The van der Waals surface area contributed by atoms with Crippen molar-refractivity contribution in [2.75, 3.05) is 11.9 Å². The van der Waals surface area contributed by atoms with Crippen LogP contribution < -0.4 is 4.90 Å². The van der Waals surface area contributed by atoms with Gasteiger partial charge in [0.25, 0.3) is 0 Å². The van der Waals surface area contributed by atoms with Crippen molar-refractivity contribution < 1.29 is 5.11 Å². The Morgan fingerprint density at radius 1 is 1.12 bits per heavy atom. The van der Waals surface area contributed by atoms with Gasteiger partial charge in [-0.15, -0.1) is 0 Å². The van der Waals surface area contributed by atoms with E-state index in [0.29, 0.717) is 0 Å². The van der Waals surface area contributed by atoms with Crippen LogP contribution in [0.2, 0.25) is 0 Å². The summed E-state index contributed by atoms with van der Waals surface area (Å²) in [6.45, 7) is 2.10. The van der Waals surface area contributed by atoms with Gasteiger partial charge in [0.1, 0.15) is 0 Å². The molecule has 1 N–H and O–H groups in total. The van der Waals surface area contributed by atoms with E-state index in [2.05, 4.69) is 43.1 Å². The zero-order valence-electron chi connectivity index (χ0n) is 10.2. The molecule has 2 rings (SSSR count). The van der Waals surface area contributed by atoms with Crippen LogP contribution in [0, 0.1) is 6.92 Å². The molecule has 1 aromatic carbocycles.